The molecule has 17 heteroatoms. The van der Waals surface area contributed by atoms with E-state index >= 15 is 0 Å². The number of rotatable bonds is 26. The van der Waals surface area contributed by atoms with Crippen LogP contribution in [0, 0.1) is 11.8 Å². The van der Waals surface area contributed by atoms with Crippen LogP contribution in [0.2, 0.25) is 0 Å². The first-order valence-electron chi connectivity index (χ1n) is 26.2. The molecular formula is C57H80N6O11. The number of esters is 2. The van der Waals surface area contributed by atoms with Crippen LogP contribution in [0.4, 0.5) is 4.79 Å². The molecule has 0 aromatic heterocycles. The van der Waals surface area contributed by atoms with E-state index in [-0.39, 0.29) is 18.1 Å². The predicted octanol–water partition coefficient (Wildman–Crippen LogP) is 9.87. The minimum Gasteiger partial charge on any atom is -0.456 e. The number of hydrogen-bond donors (Lipinski definition) is 2. The Balaban J connectivity index is 1.36. The Hall–Kier alpha value is -5.52. The van der Waals surface area contributed by atoms with Gasteiger partial charge in [-0.3, -0.25) is 9.80 Å². The first-order chi connectivity index (χ1) is 35.2. The second-order valence-electron chi connectivity index (χ2n) is 21.3. The summed E-state index contributed by atoms with van der Waals surface area (Å²) in [6.45, 7) is 20.9. The molecule has 3 heterocycles. The van der Waals surface area contributed by atoms with Crippen LogP contribution in [0.25, 0.3) is 10.4 Å². The molecule has 17 nitrogen and oxygen atoms in total. The first kappa shape index (κ1) is 57.8. The van der Waals surface area contributed by atoms with Crippen molar-refractivity contribution in [3.63, 3.8) is 0 Å². The van der Waals surface area contributed by atoms with E-state index in [1.165, 1.54) is 0 Å². The van der Waals surface area contributed by atoms with Gasteiger partial charge in [-0.15, -0.1) is 0 Å². The molecule has 3 aromatic carbocycles. The minimum atomic E-state index is -1.28. The number of cyclic esters (lactones) is 2. The summed E-state index contributed by atoms with van der Waals surface area (Å²) in [5, 5.41) is 18.6. The van der Waals surface area contributed by atoms with Crippen LogP contribution in [0.15, 0.2) is 107 Å². The molecule has 0 aliphatic carbocycles. The van der Waals surface area contributed by atoms with Crippen LogP contribution >= 0.6 is 0 Å². The highest BCUT2D eigenvalue weighted by atomic mass is 16.7. The van der Waals surface area contributed by atoms with Gasteiger partial charge in [0.1, 0.15) is 5.76 Å². The van der Waals surface area contributed by atoms with E-state index in [2.05, 4.69) is 51.4 Å². The lowest BCUT2D eigenvalue weighted by molar-refractivity contribution is -0.300. The minimum absolute atomic E-state index is 0.111. The Labute approximate surface area is 437 Å². The lowest BCUT2D eigenvalue weighted by atomic mass is 9.80. The highest BCUT2D eigenvalue weighted by molar-refractivity contribution is 5.90. The van der Waals surface area contributed by atoms with Gasteiger partial charge in [0.2, 0.25) is 5.79 Å². The summed E-state index contributed by atoms with van der Waals surface area (Å²) in [5.41, 5.74) is 9.31. The van der Waals surface area contributed by atoms with Crippen molar-refractivity contribution in [3.8, 4) is 0 Å². The fraction of sp³-hybridized carbons (Fsp3) is 0.596. The highest BCUT2D eigenvalue weighted by Gasteiger charge is 2.57. The zero-order valence-electron chi connectivity index (χ0n) is 45.3. The van der Waals surface area contributed by atoms with Crippen LogP contribution in [-0.2, 0) is 51.0 Å². The molecule has 0 bridgehead atoms. The smallest absolute Gasteiger partial charge is 0.410 e. The average molecular weight is 1030 g/mol. The molecule has 2 fully saturated rings. The monoisotopic (exact) mass is 1020 g/mol. The van der Waals surface area contributed by atoms with Gasteiger partial charge < -0.3 is 43.6 Å². The van der Waals surface area contributed by atoms with E-state index < -0.39 is 77.6 Å². The molecule has 3 aliphatic rings. The van der Waals surface area contributed by atoms with Gasteiger partial charge in [-0.2, -0.15) is 0 Å². The number of carbonyl (C=O) groups excluding carboxylic acids is 3. The molecule has 3 aromatic rings. The van der Waals surface area contributed by atoms with E-state index in [9.17, 15) is 19.5 Å². The summed E-state index contributed by atoms with van der Waals surface area (Å²) in [4.78, 5) is 48.2. The van der Waals surface area contributed by atoms with Crippen molar-refractivity contribution >= 4 is 18.0 Å². The van der Waals surface area contributed by atoms with Crippen molar-refractivity contribution in [3.05, 3.63) is 129 Å². The number of nitrogens with one attached hydrogen (secondary N) is 1. The second kappa shape index (κ2) is 25.8. The molecule has 0 saturated carbocycles. The van der Waals surface area contributed by atoms with E-state index in [0.29, 0.717) is 81.7 Å². The number of ether oxygens (including phenoxy) is 7. The molecule has 0 spiro atoms. The zero-order valence-corrected chi connectivity index (χ0v) is 45.3. The maximum Gasteiger partial charge on any atom is 0.410 e. The molecule has 12 atom stereocenters. The number of methoxy groups -OCH3 is 1. The van der Waals surface area contributed by atoms with Crippen molar-refractivity contribution in [2.24, 2.45) is 17.0 Å². The third-order valence-corrected chi connectivity index (χ3v) is 14.9. The molecule has 1 amide bonds. The number of unbranched alkanes of at least 4 members (excludes halogenated alkanes) is 1. The highest BCUT2D eigenvalue weighted by Crippen LogP contribution is 2.42. The summed E-state index contributed by atoms with van der Waals surface area (Å²) >= 11 is 0. The molecule has 4 unspecified atom stereocenters. The number of aliphatic hydroxyl groups is 1. The van der Waals surface area contributed by atoms with Gasteiger partial charge in [0, 0.05) is 64.0 Å². The molecule has 3 aliphatic heterocycles. The van der Waals surface area contributed by atoms with Crippen LogP contribution in [0.1, 0.15) is 123 Å². The van der Waals surface area contributed by atoms with E-state index in [1.807, 2.05) is 77.1 Å². The van der Waals surface area contributed by atoms with Crippen molar-refractivity contribution in [2.45, 2.75) is 180 Å². The zero-order chi connectivity index (χ0) is 53.8. The summed E-state index contributed by atoms with van der Waals surface area (Å²) in [6, 6.07) is 28.0. The number of carbonyl (C=O) groups is 3. The molecule has 74 heavy (non-hydrogen) atoms. The Morgan fingerprint density at radius 1 is 0.959 bits per heavy atom. The van der Waals surface area contributed by atoms with Gasteiger partial charge in [0.05, 0.1) is 47.1 Å². The van der Waals surface area contributed by atoms with Crippen LogP contribution in [0.5, 0.6) is 0 Å². The number of nitrogens with zero attached hydrogens (tertiary/aromatic N) is 5. The van der Waals surface area contributed by atoms with Gasteiger partial charge in [-0.05, 0) is 108 Å². The maximum atomic E-state index is 14.4. The number of hydrogen-bond acceptors (Lipinski definition) is 14. The standard InChI is InChI=1S/C57H80N6O11/c1-12-46(64)57(10)49(63(54(67)74-57)31-23-22-30-60-61-58)41(6)59-34-37(2)33-56(9,68-11)50(39(4)47-40(5)51(65)73-55(7,8)72-47)71-53-48(70-52(66)44-28-20-15-21-29-44)45(32-38(3)69-53)62(35-42-24-16-13-17-25-42)36-43-26-18-14-19-27-43/h13-21,24-29,37-39,41,45-46,48-50,53,59,64H,12,22-23,30-36H2,1-11H3/t37-,38?,39+,41-,45?,46-,48?,49-,50-,53?,56-,57-/m1/s1. The summed E-state index contributed by atoms with van der Waals surface area (Å²) in [6.07, 6.45) is -2.29. The van der Waals surface area contributed by atoms with Crippen LogP contribution < -0.4 is 5.32 Å². The molecular weight excluding hydrogens is 945 g/mol. The molecule has 6 rings (SSSR count). The Kier molecular flexibility index (Phi) is 20.1. The fourth-order valence-electron chi connectivity index (χ4n) is 11.1. The quantitative estimate of drug-likeness (QED) is 0.0192. The lowest BCUT2D eigenvalue weighted by Crippen LogP contribution is -2.61. The Morgan fingerprint density at radius 2 is 1.57 bits per heavy atom. The van der Waals surface area contributed by atoms with Gasteiger partial charge in [0.25, 0.3) is 0 Å². The summed E-state index contributed by atoms with van der Waals surface area (Å²) < 4.78 is 45.7. The normalized spacial score (nSPS) is 25.6. The lowest BCUT2D eigenvalue weighted by Gasteiger charge is -2.49. The van der Waals surface area contributed by atoms with Crippen molar-refractivity contribution in [1.29, 1.82) is 0 Å². The van der Waals surface area contributed by atoms with Crippen molar-refractivity contribution in [2.75, 3.05) is 26.7 Å². The van der Waals surface area contributed by atoms with Gasteiger partial charge >= 0.3 is 18.0 Å². The van der Waals surface area contributed by atoms with E-state index in [1.54, 1.807) is 64.0 Å². The molecule has 2 saturated heterocycles. The average Bonchev–Trinajstić information content (AvgIpc) is 3.65. The first-order valence-corrected chi connectivity index (χ1v) is 26.2. The van der Waals surface area contributed by atoms with Gasteiger partial charge in [0.15, 0.2) is 18.0 Å². The second-order valence-corrected chi connectivity index (χ2v) is 21.3. The fourth-order valence-corrected chi connectivity index (χ4v) is 11.1. The maximum absolute atomic E-state index is 14.4. The van der Waals surface area contributed by atoms with Crippen molar-refractivity contribution < 1.29 is 52.6 Å². The van der Waals surface area contributed by atoms with Gasteiger partial charge in [-0.1, -0.05) is 105 Å². The van der Waals surface area contributed by atoms with E-state index in [4.69, 9.17) is 38.7 Å². The van der Waals surface area contributed by atoms with Crippen LogP contribution in [0.3, 0.4) is 0 Å². The summed E-state index contributed by atoms with van der Waals surface area (Å²) in [5.74, 6) is -2.70. The summed E-state index contributed by atoms with van der Waals surface area (Å²) in [7, 11) is 1.63. The Bertz CT molecular complexity index is 2350. The number of amides is 1. The van der Waals surface area contributed by atoms with Crippen LogP contribution in [-0.4, -0.2) is 126 Å². The molecule has 404 valence electrons. The number of aliphatic hydroxyl groups excluding tert-OH is 1. The Morgan fingerprint density at radius 3 is 2.15 bits per heavy atom. The largest absolute Gasteiger partial charge is 0.456 e. The predicted molar refractivity (Wildman–Crippen MR) is 280 cm³/mol. The third-order valence-electron chi connectivity index (χ3n) is 14.9. The third kappa shape index (κ3) is 14.2. The van der Waals surface area contributed by atoms with Crippen molar-refractivity contribution in [1.82, 2.24) is 15.1 Å². The topological polar surface area (TPSA) is 203 Å². The molecule has 2 N–H and O–H groups in total. The number of benzene rings is 3. The van der Waals surface area contributed by atoms with E-state index in [0.717, 1.165) is 11.1 Å². The van der Waals surface area contributed by atoms with Gasteiger partial charge in [-0.25, -0.2) is 14.4 Å². The molecule has 0 radical (unpaired) electrons. The number of azide groups is 1. The SMILES string of the molecule is CC[C@@H](O)[C@@]1(C)OC(=O)N(CCCCN=[N+]=[N-])[C@@H]1[C@@H](C)NC[C@H](C)C[C@@](C)(OC)[C@H](OC1OC(C)CC(N(Cc2ccccc2)Cc2ccccc2)C1OC(=O)c1ccccc1)[C@@H](C)C1=C(C)C(=O)OC(C)(C)O1.